The predicted octanol–water partition coefficient (Wildman–Crippen LogP) is 4.28. The van der Waals surface area contributed by atoms with Crippen LogP contribution in [0.15, 0.2) is 84.7 Å². The highest BCUT2D eigenvalue weighted by Crippen LogP contribution is 2.19. The fraction of sp³-hybridized carbons (Fsp3) is 0.115. The SMILES string of the molecule is CNc1ccccc1C/C(C=O)=C\c1ccc(/C=C/C(=O)NCc2cccnc2)cc1. The second-order valence-corrected chi connectivity index (χ2v) is 7.00. The summed E-state index contributed by atoms with van der Waals surface area (Å²) in [5, 5.41) is 5.98. The average Bonchev–Trinajstić information content (AvgIpc) is 2.82. The fourth-order valence-corrected chi connectivity index (χ4v) is 3.11. The van der Waals surface area contributed by atoms with E-state index in [9.17, 15) is 9.59 Å². The molecule has 0 spiro atoms. The van der Waals surface area contributed by atoms with Crippen molar-refractivity contribution >= 4 is 30.0 Å². The highest BCUT2D eigenvalue weighted by molar-refractivity contribution is 5.91. The van der Waals surface area contributed by atoms with Crippen molar-refractivity contribution in [3.8, 4) is 0 Å². The smallest absolute Gasteiger partial charge is 0.244 e. The summed E-state index contributed by atoms with van der Waals surface area (Å²) in [6.07, 6.45) is 10.0. The minimum absolute atomic E-state index is 0.167. The molecule has 0 saturated heterocycles. The third kappa shape index (κ3) is 6.78. The first-order chi connectivity index (χ1) is 15.2. The molecule has 0 atom stereocenters. The standard InChI is InChI=1S/C26H25N3O2/c1-27-25-7-3-2-6-24(25)16-23(19-30)15-21-10-8-20(9-11-21)12-13-26(31)29-18-22-5-4-14-28-17-22/h2-15,17,19,27H,16,18H2,1H3,(H,29,31)/b13-12+,23-15+. The number of aromatic nitrogens is 1. The topological polar surface area (TPSA) is 71.1 Å². The number of carbonyl (C=O) groups excluding carboxylic acids is 2. The van der Waals surface area contributed by atoms with E-state index >= 15 is 0 Å². The first kappa shape index (κ1) is 21.7. The molecule has 0 aliphatic carbocycles. The predicted molar refractivity (Wildman–Crippen MR) is 125 cm³/mol. The van der Waals surface area contributed by atoms with Gasteiger partial charge in [0.1, 0.15) is 6.29 Å². The van der Waals surface area contributed by atoms with Crippen LogP contribution in [-0.4, -0.2) is 24.2 Å². The molecule has 0 unspecified atom stereocenters. The van der Waals surface area contributed by atoms with Gasteiger partial charge in [-0.1, -0.05) is 48.5 Å². The number of nitrogens with zero attached hydrogens (tertiary/aromatic N) is 1. The lowest BCUT2D eigenvalue weighted by Crippen LogP contribution is -2.20. The van der Waals surface area contributed by atoms with E-state index in [4.69, 9.17) is 0 Å². The number of rotatable bonds is 9. The number of aldehydes is 1. The quantitative estimate of drug-likeness (QED) is 0.407. The van der Waals surface area contributed by atoms with E-state index in [2.05, 4.69) is 15.6 Å². The minimum Gasteiger partial charge on any atom is -0.388 e. The maximum atomic E-state index is 12.0. The molecule has 0 aliphatic heterocycles. The van der Waals surface area contributed by atoms with E-state index in [0.29, 0.717) is 18.5 Å². The van der Waals surface area contributed by atoms with Crippen molar-refractivity contribution < 1.29 is 9.59 Å². The Kier molecular flexibility index (Phi) is 7.89. The summed E-state index contributed by atoms with van der Waals surface area (Å²) < 4.78 is 0. The van der Waals surface area contributed by atoms with Crippen LogP contribution in [0.25, 0.3) is 12.2 Å². The maximum absolute atomic E-state index is 12.0. The molecule has 1 amide bonds. The van der Waals surface area contributed by atoms with E-state index in [1.807, 2.05) is 73.8 Å². The molecule has 0 fully saturated rings. The minimum atomic E-state index is -0.167. The highest BCUT2D eigenvalue weighted by atomic mass is 16.1. The number of carbonyl (C=O) groups is 2. The van der Waals surface area contributed by atoms with Gasteiger partial charge in [-0.2, -0.15) is 0 Å². The van der Waals surface area contributed by atoms with E-state index in [1.165, 1.54) is 6.08 Å². The van der Waals surface area contributed by atoms with E-state index < -0.39 is 0 Å². The molecule has 5 heteroatoms. The van der Waals surface area contributed by atoms with E-state index in [1.54, 1.807) is 18.5 Å². The van der Waals surface area contributed by atoms with Crippen LogP contribution >= 0.6 is 0 Å². The van der Waals surface area contributed by atoms with Gasteiger partial charge in [0.2, 0.25) is 5.91 Å². The number of allylic oxidation sites excluding steroid dienone is 1. The van der Waals surface area contributed by atoms with Gasteiger partial charge in [0, 0.05) is 44.2 Å². The average molecular weight is 412 g/mol. The van der Waals surface area contributed by atoms with Gasteiger partial charge in [-0.25, -0.2) is 0 Å². The summed E-state index contributed by atoms with van der Waals surface area (Å²) in [6.45, 7) is 0.436. The largest absolute Gasteiger partial charge is 0.388 e. The molecule has 0 aliphatic rings. The fourth-order valence-electron chi connectivity index (χ4n) is 3.11. The molecule has 5 nitrogen and oxygen atoms in total. The molecule has 0 bridgehead atoms. The molecule has 31 heavy (non-hydrogen) atoms. The Balaban J connectivity index is 1.60. The van der Waals surface area contributed by atoms with Gasteiger partial charge in [-0.3, -0.25) is 14.6 Å². The summed E-state index contributed by atoms with van der Waals surface area (Å²) >= 11 is 0. The van der Waals surface area contributed by atoms with Crippen LogP contribution in [0.3, 0.4) is 0 Å². The zero-order valence-electron chi connectivity index (χ0n) is 17.4. The van der Waals surface area contributed by atoms with Crippen molar-refractivity contribution in [2.75, 3.05) is 12.4 Å². The Morgan fingerprint density at radius 1 is 1.00 bits per heavy atom. The Hall–Kier alpha value is -3.99. The molecule has 156 valence electrons. The van der Waals surface area contributed by atoms with Crippen LogP contribution in [-0.2, 0) is 22.6 Å². The van der Waals surface area contributed by atoms with Crippen LogP contribution in [0.1, 0.15) is 22.3 Å². The lowest BCUT2D eigenvalue weighted by Gasteiger charge is -2.08. The second-order valence-electron chi connectivity index (χ2n) is 7.00. The van der Waals surface area contributed by atoms with Crippen LogP contribution in [0, 0.1) is 0 Å². The van der Waals surface area contributed by atoms with Gasteiger partial charge >= 0.3 is 0 Å². The summed E-state index contributed by atoms with van der Waals surface area (Å²) in [5.74, 6) is -0.167. The van der Waals surface area contributed by atoms with Crippen molar-refractivity contribution in [3.05, 3.63) is 107 Å². The van der Waals surface area contributed by atoms with Crippen molar-refractivity contribution in [2.45, 2.75) is 13.0 Å². The Labute approximate surface area is 182 Å². The molecule has 0 radical (unpaired) electrons. The number of nitrogens with one attached hydrogen (secondary N) is 2. The number of benzene rings is 2. The third-order valence-corrected chi connectivity index (χ3v) is 4.74. The second kappa shape index (κ2) is 11.3. The van der Waals surface area contributed by atoms with Crippen LogP contribution < -0.4 is 10.6 Å². The summed E-state index contributed by atoms with van der Waals surface area (Å²) in [4.78, 5) is 27.6. The number of amides is 1. The van der Waals surface area contributed by atoms with E-state index in [-0.39, 0.29) is 5.91 Å². The van der Waals surface area contributed by atoms with E-state index in [0.717, 1.165) is 34.2 Å². The lowest BCUT2D eigenvalue weighted by atomic mass is 10.0. The zero-order valence-corrected chi connectivity index (χ0v) is 17.4. The molecule has 1 aromatic heterocycles. The first-order valence-electron chi connectivity index (χ1n) is 10.0. The van der Waals surface area contributed by atoms with Crippen molar-refractivity contribution in [1.82, 2.24) is 10.3 Å². The van der Waals surface area contributed by atoms with Crippen molar-refractivity contribution in [3.63, 3.8) is 0 Å². The zero-order chi connectivity index (χ0) is 21.9. The van der Waals surface area contributed by atoms with Crippen LogP contribution in [0.2, 0.25) is 0 Å². The Morgan fingerprint density at radius 3 is 2.48 bits per heavy atom. The molecular weight excluding hydrogens is 386 g/mol. The molecule has 3 rings (SSSR count). The molecule has 1 heterocycles. The number of anilines is 1. The summed E-state index contributed by atoms with van der Waals surface area (Å²) in [7, 11) is 1.87. The molecule has 3 aromatic rings. The van der Waals surface area contributed by atoms with Crippen LogP contribution in [0.5, 0.6) is 0 Å². The van der Waals surface area contributed by atoms with Crippen LogP contribution in [0.4, 0.5) is 5.69 Å². The van der Waals surface area contributed by atoms with Gasteiger partial charge in [0.25, 0.3) is 0 Å². The summed E-state index contributed by atoms with van der Waals surface area (Å²) in [5.41, 5.74) is 5.56. The third-order valence-electron chi connectivity index (χ3n) is 4.74. The number of pyridine rings is 1. The number of hydrogen-bond donors (Lipinski definition) is 2. The number of hydrogen-bond acceptors (Lipinski definition) is 4. The molecule has 2 aromatic carbocycles. The van der Waals surface area contributed by atoms with Crippen molar-refractivity contribution in [2.24, 2.45) is 0 Å². The number of para-hydroxylation sites is 1. The highest BCUT2D eigenvalue weighted by Gasteiger charge is 2.04. The normalized spacial score (nSPS) is 11.3. The lowest BCUT2D eigenvalue weighted by molar-refractivity contribution is -0.116. The first-order valence-corrected chi connectivity index (χ1v) is 10.0. The van der Waals surface area contributed by atoms with Gasteiger partial charge in [0.15, 0.2) is 0 Å². The molecule has 2 N–H and O–H groups in total. The van der Waals surface area contributed by atoms with Gasteiger partial charge in [0.05, 0.1) is 0 Å². The Morgan fingerprint density at radius 2 is 1.77 bits per heavy atom. The van der Waals surface area contributed by atoms with Crippen molar-refractivity contribution in [1.29, 1.82) is 0 Å². The Bertz CT molecular complexity index is 1070. The molecule has 0 saturated carbocycles. The van der Waals surface area contributed by atoms with Gasteiger partial charge in [-0.15, -0.1) is 0 Å². The van der Waals surface area contributed by atoms with Gasteiger partial charge < -0.3 is 10.6 Å². The molecular formula is C26H25N3O2. The summed E-state index contributed by atoms with van der Waals surface area (Å²) in [6, 6.07) is 19.4. The van der Waals surface area contributed by atoms with Gasteiger partial charge in [-0.05, 0) is 52.1 Å². The maximum Gasteiger partial charge on any atom is 0.244 e. The monoisotopic (exact) mass is 411 g/mol.